The number of aromatic nitrogens is 1. The van der Waals surface area contributed by atoms with Gasteiger partial charge in [0.25, 0.3) is 5.69 Å². The molecule has 0 bridgehead atoms. The topological polar surface area (TPSA) is 134 Å². The molecule has 0 amide bonds. The molecule has 0 aliphatic rings. The molecule has 10 nitrogen and oxygen atoms in total. The van der Waals surface area contributed by atoms with Crippen molar-refractivity contribution >= 4 is 34.4 Å². The lowest BCUT2D eigenvalue weighted by Crippen LogP contribution is -1.96. The van der Waals surface area contributed by atoms with Gasteiger partial charge in [-0.15, -0.1) is 0 Å². The van der Waals surface area contributed by atoms with Crippen molar-refractivity contribution in [2.75, 3.05) is 0 Å². The molecule has 1 heterocycles. The van der Waals surface area contributed by atoms with Crippen LogP contribution in [0.2, 0.25) is 0 Å². The van der Waals surface area contributed by atoms with Gasteiger partial charge in [-0.1, -0.05) is 0 Å². The van der Waals surface area contributed by atoms with E-state index in [0.29, 0.717) is 34.0 Å². The Bertz CT molecular complexity index is 1660. The Morgan fingerprint density at radius 3 is 2.35 bits per heavy atom. The summed E-state index contributed by atoms with van der Waals surface area (Å²) in [5.41, 5.74) is 2.28. The maximum Gasteiger partial charge on any atom is 0.318 e. The Morgan fingerprint density at radius 1 is 0.892 bits per heavy atom. The molecule has 11 heteroatoms. The number of benzene rings is 4. The van der Waals surface area contributed by atoms with Gasteiger partial charge in [0.1, 0.15) is 17.1 Å². The van der Waals surface area contributed by atoms with Crippen LogP contribution in [0.4, 0.5) is 21.5 Å². The Hall–Kier alpha value is -5.45. The van der Waals surface area contributed by atoms with E-state index in [1.807, 2.05) is 0 Å². The predicted octanol–water partition coefficient (Wildman–Crippen LogP) is 6.99. The molecule has 0 aliphatic heterocycles. The minimum absolute atomic E-state index is 0.113. The molecule has 0 N–H and O–H groups in total. The molecule has 0 unspecified atom stereocenters. The number of hydrogen-bond donors (Lipinski definition) is 0. The van der Waals surface area contributed by atoms with E-state index in [9.17, 15) is 24.6 Å². The minimum Gasteiger partial charge on any atom is -0.450 e. The van der Waals surface area contributed by atoms with Gasteiger partial charge in [0.2, 0.25) is 11.6 Å². The molecular formula is C26H15FN4O6. The van der Waals surface area contributed by atoms with Crippen LogP contribution in [0.1, 0.15) is 5.56 Å². The van der Waals surface area contributed by atoms with Crippen molar-refractivity contribution in [2.24, 2.45) is 4.99 Å². The van der Waals surface area contributed by atoms with Crippen LogP contribution in [0.15, 0.2) is 94.3 Å². The van der Waals surface area contributed by atoms with Crippen LogP contribution < -0.4 is 4.74 Å². The molecule has 0 spiro atoms. The number of aliphatic imine (C=N–C) groups is 1. The first kappa shape index (κ1) is 23.3. The van der Waals surface area contributed by atoms with E-state index >= 15 is 0 Å². The van der Waals surface area contributed by atoms with E-state index in [1.54, 1.807) is 60.8 Å². The fourth-order valence-electron chi connectivity index (χ4n) is 3.46. The zero-order chi connectivity index (χ0) is 25.9. The Balaban J connectivity index is 1.31. The summed E-state index contributed by atoms with van der Waals surface area (Å²) in [6, 6.07) is 20.9. The first-order valence-corrected chi connectivity index (χ1v) is 10.8. The van der Waals surface area contributed by atoms with E-state index < -0.39 is 21.2 Å². The zero-order valence-corrected chi connectivity index (χ0v) is 18.8. The van der Waals surface area contributed by atoms with Gasteiger partial charge in [-0.3, -0.25) is 25.2 Å². The highest BCUT2D eigenvalue weighted by Gasteiger charge is 2.21. The van der Waals surface area contributed by atoms with Gasteiger partial charge in [-0.25, -0.2) is 9.37 Å². The average Bonchev–Trinajstić information content (AvgIpc) is 3.32. The molecular weight excluding hydrogens is 483 g/mol. The molecule has 182 valence electrons. The Labute approximate surface area is 207 Å². The second kappa shape index (κ2) is 9.66. The largest absolute Gasteiger partial charge is 0.450 e. The van der Waals surface area contributed by atoms with E-state index in [-0.39, 0.29) is 11.6 Å². The van der Waals surface area contributed by atoms with Crippen LogP contribution in [-0.4, -0.2) is 21.0 Å². The molecule has 4 aromatic carbocycles. The normalized spacial score (nSPS) is 11.2. The molecule has 0 fully saturated rings. The van der Waals surface area contributed by atoms with Crippen LogP contribution in [0.5, 0.6) is 11.5 Å². The van der Waals surface area contributed by atoms with Crippen molar-refractivity contribution in [3.05, 3.63) is 117 Å². The summed E-state index contributed by atoms with van der Waals surface area (Å²) in [6.45, 7) is 0. The van der Waals surface area contributed by atoms with Crippen LogP contribution >= 0.6 is 0 Å². The minimum atomic E-state index is -0.738. The quantitative estimate of drug-likeness (QED) is 0.134. The summed E-state index contributed by atoms with van der Waals surface area (Å²) >= 11 is 0. The fraction of sp³-hybridized carbons (Fsp3) is 0. The fourth-order valence-corrected chi connectivity index (χ4v) is 3.46. The van der Waals surface area contributed by atoms with Gasteiger partial charge in [0, 0.05) is 17.8 Å². The lowest BCUT2D eigenvalue weighted by atomic mass is 10.2. The van der Waals surface area contributed by atoms with Crippen molar-refractivity contribution in [2.45, 2.75) is 0 Å². The number of fused-ring (bicyclic) bond motifs is 1. The predicted molar refractivity (Wildman–Crippen MR) is 133 cm³/mol. The lowest BCUT2D eigenvalue weighted by Gasteiger charge is -2.06. The van der Waals surface area contributed by atoms with Gasteiger partial charge in [0.15, 0.2) is 5.58 Å². The highest BCUT2D eigenvalue weighted by Crippen LogP contribution is 2.34. The van der Waals surface area contributed by atoms with Crippen molar-refractivity contribution < 1.29 is 23.4 Å². The molecule has 0 aliphatic carbocycles. The third kappa shape index (κ3) is 5.15. The molecule has 0 atom stereocenters. The van der Waals surface area contributed by atoms with E-state index in [4.69, 9.17) is 9.15 Å². The van der Waals surface area contributed by atoms with Crippen LogP contribution in [0.3, 0.4) is 0 Å². The summed E-state index contributed by atoms with van der Waals surface area (Å²) in [4.78, 5) is 29.6. The van der Waals surface area contributed by atoms with Crippen molar-refractivity contribution in [1.29, 1.82) is 0 Å². The number of halogens is 1. The number of nitro groups is 2. The molecule has 0 radical (unpaired) electrons. The highest BCUT2D eigenvalue weighted by atomic mass is 19.1. The number of ether oxygens (including phenoxy) is 1. The number of hydrogen-bond acceptors (Lipinski definition) is 8. The molecule has 37 heavy (non-hydrogen) atoms. The molecule has 1 aromatic heterocycles. The molecule has 5 rings (SSSR count). The summed E-state index contributed by atoms with van der Waals surface area (Å²) in [5.74, 6) is 0.230. The average molecular weight is 498 g/mol. The molecule has 0 saturated heterocycles. The van der Waals surface area contributed by atoms with Gasteiger partial charge in [-0.05, 0) is 78.4 Å². The lowest BCUT2D eigenvalue weighted by molar-refractivity contribution is -0.394. The highest BCUT2D eigenvalue weighted by molar-refractivity contribution is 5.85. The summed E-state index contributed by atoms with van der Waals surface area (Å²) in [7, 11) is 0. The van der Waals surface area contributed by atoms with Crippen LogP contribution in [0.25, 0.3) is 22.6 Å². The first-order valence-electron chi connectivity index (χ1n) is 10.8. The monoisotopic (exact) mass is 498 g/mol. The third-order valence-electron chi connectivity index (χ3n) is 5.28. The van der Waals surface area contributed by atoms with Gasteiger partial charge >= 0.3 is 5.69 Å². The maximum absolute atomic E-state index is 13.2. The third-order valence-corrected chi connectivity index (χ3v) is 5.28. The second-order valence-corrected chi connectivity index (χ2v) is 7.77. The number of oxazole rings is 1. The summed E-state index contributed by atoms with van der Waals surface area (Å²) < 4.78 is 24.5. The zero-order valence-electron chi connectivity index (χ0n) is 18.8. The Kier molecular flexibility index (Phi) is 6.08. The summed E-state index contributed by atoms with van der Waals surface area (Å²) in [6.07, 6.45) is 1.63. The van der Waals surface area contributed by atoms with Gasteiger partial charge < -0.3 is 9.15 Å². The number of nitro benzene ring substituents is 2. The first-order chi connectivity index (χ1) is 17.9. The smallest absolute Gasteiger partial charge is 0.318 e. The van der Waals surface area contributed by atoms with Crippen molar-refractivity contribution in [3.63, 3.8) is 0 Å². The van der Waals surface area contributed by atoms with E-state index in [1.165, 1.54) is 18.2 Å². The van der Waals surface area contributed by atoms with E-state index in [2.05, 4.69) is 9.98 Å². The maximum atomic E-state index is 13.2. The SMILES string of the molecule is O=[N+]([O-])c1ccc(Oc2ccc(C=Nc3ccc4oc(-c5ccc(F)cc5)nc4c3)cc2)c([N+](=O)[O-])c1. The van der Waals surface area contributed by atoms with Crippen LogP contribution in [-0.2, 0) is 0 Å². The standard InChI is InChI=1S/C26H15FN4O6/c27-18-5-3-17(4-6-18)26-29-22-13-19(7-11-24(22)37-26)28-15-16-1-9-21(10-2-16)36-25-12-8-20(30(32)33)14-23(25)31(34)35/h1-15H. The molecule has 5 aromatic rings. The number of rotatable bonds is 7. The molecule has 0 saturated carbocycles. The van der Waals surface area contributed by atoms with Crippen molar-refractivity contribution in [3.8, 4) is 23.0 Å². The van der Waals surface area contributed by atoms with Crippen LogP contribution in [0, 0.1) is 26.0 Å². The van der Waals surface area contributed by atoms with Gasteiger partial charge in [-0.2, -0.15) is 0 Å². The summed E-state index contributed by atoms with van der Waals surface area (Å²) in [5, 5.41) is 22.2. The van der Waals surface area contributed by atoms with E-state index in [0.717, 1.165) is 17.7 Å². The van der Waals surface area contributed by atoms with Crippen molar-refractivity contribution in [1.82, 2.24) is 4.98 Å². The number of non-ortho nitro benzene ring substituents is 1. The number of nitrogens with zero attached hydrogens (tertiary/aromatic N) is 4. The second-order valence-electron chi connectivity index (χ2n) is 7.77. The van der Waals surface area contributed by atoms with Gasteiger partial charge in [0.05, 0.1) is 21.6 Å². The Morgan fingerprint density at radius 2 is 1.65 bits per heavy atom.